The van der Waals surface area contributed by atoms with Gasteiger partial charge in [-0.25, -0.2) is 0 Å². The van der Waals surface area contributed by atoms with Gasteiger partial charge in [0.1, 0.15) is 0 Å². The van der Waals surface area contributed by atoms with Crippen molar-refractivity contribution in [2.45, 2.75) is 45.7 Å². The summed E-state index contributed by atoms with van der Waals surface area (Å²) in [4.78, 5) is 14.4. The first kappa shape index (κ1) is 16.8. The van der Waals surface area contributed by atoms with Crippen LogP contribution in [-0.4, -0.2) is 29.4 Å². The molecule has 0 saturated heterocycles. The molecule has 0 bridgehead atoms. The van der Waals surface area contributed by atoms with Crippen LogP contribution in [0.3, 0.4) is 0 Å². The molecule has 0 aliphatic carbocycles. The molecule has 1 unspecified atom stereocenters. The largest absolute Gasteiger partial charge is 0.397 e. The van der Waals surface area contributed by atoms with Gasteiger partial charge in [-0.1, -0.05) is 18.5 Å². The summed E-state index contributed by atoms with van der Waals surface area (Å²) >= 11 is 5.92. The highest BCUT2D eigenvalue weighted by molar-refractivity contribution is 6.31. The highest BCUT2D eigenvalue weighted by atomic mass is 35.5. The second-order valence-electron chi connectivity index (χ2n) is 5.67. The first-order chi connectivity index (χ1) is 9.19. The lowest BCUT2D eigenvalue weighted by Gasteiger charge is -2.38. The molecule has 1 amide bonds. The van der Waals surface area contributed by atoms with Crippen LogP contribution >= 0.6 is 11.6 Å². The van der Waals surface area contributed by atoms with E-state index in [4.69, 9.17) is 17.3 Å². The first-order valence-electron chi connectivity index (χ1n) is 6.78. The van der Waals surface area contributed by atoms with Crippen molar-refractivity contribution in [1.82, 2.24) is 4.90 Å². The number of likely N-dealkylation sites (N-methyl/N-ethyl adjacent to an activating group) is 1. The topological polar surface area (TPSA) is 58.4 Å². The molecule has 0 aliphatic rings. The summed E-state index contributed by atoms with van der Waals surface area (Å²) in [7, 11) is 1.95. The number of anilines is 2. The van der Waals surface area contributed by atoms with E-state index in [0.717, 1.165) is 6.42 Å². The van der Waals surface area contributed by atoms with Crippen LogP contribution in [0.4, 0.5) is 11.4 Å². The van der Waals surface area contributed by atoms with E-state index >= 15 is 0 Å². The van der Waals surface area contributed by atoms with Crippen LogP contribution in [0.15, 0.2) is 18.2 Å². The quantitative estimate of drug-likeness (QED) is 0.819. The molecule has 1 aromatic carbocycles. The molecule has 3 N–H and O–H groups in total. The summed E-state index contributed by atoms with van der Waals surface area (Å²) in [5, 5.41) is 3.38. The number of nitrogens with one attached hydrogen (secondary N) is 1. The number of nitrogens with zero attached hydrogens (tertiary/aromatic N) is 1. The van der Waals surface area contributed by atoms with Gasteiger partial charge in [0.25, 0.3) is 0 Å². The average molecular weight is 298 g/mol. The maximum atomic E-state index is 12.3. The standard InChI is InChI=1S/C15H24ClN3O/c1-6-15(3,4)19(5)10(2)14(20)18-13-9-11(16)7-8-12(13)17/h7-10H,6,17H2,1-5H3,(H,18,20). The molecule has 0 fully saturated rings. The molecule has 112 valence electrons. The lowest BCUT2D eigenvalue weighted by atomic mass is 9.98. The fourth-order valence-corrected chi connectivity index (χ4v) is 2.00. The van der Waals surface area contributed by atoms with Crippen LogP contribution in [0.25, 0.3) is 0 Å². The van der Waals surface area contributed by atoms with Gasteiger partial charge in [0.05, 0.1) is 17.4 Å². The van der Waals surface area contributed by atoms with Crippen LogP contribution in [0, 0.1) is 0 Å². The van der Waals surface area contributed by atoms with Gasteiger partial charge in [-0.15, -0.1) is 0 Å². The lowest BCUT2D eigenvalue weighted by Crippen LogP contribution is -2.50. The van der Waals surface area contributed by atoms with Gasteiger partial charge in [-0.05, 0) is 52.4 Å². The van der Waals surface area contributed by atoms with E-state index in [0.29, 0.717) is 16.4 Å². The Bertz CT molecular complexity index is 488. The molecular formula is C15H24ClN3O. The Morgan fingerprint density at radius 1 is 1.50 bits per heavy atom. The Morgan fingerprint density at radius 3 is 2.65 bits per heavy atom. The van der Waals surface area contributed by atoms with Gasteiger partial charge in [0.15, 0.2) is 0 Å². The predicted molar refractivity (Wildman–Crippen MR) is 86.1 cm³/mol. The predicted octanol–water partition coefficient (Wildman–Crippen LogP) is 3.37. The Kier molecular flexibility index (Phi) is 5.42. The fourth-order valence-electron chi connectivity index (χ4n) is 1.82. The van der Waals surface area contributed by atoms with Crippen LogP contribution in [0.2, 0.25) is 5.02 Å². The monoisotopic (exact) mass is 297 g/mol. The third-order valence-electron chi connectivity index (χ3n) is 4.05. The minimum absolute atomic E-state index is 0.0450. The van der Waals surface area contributed by atoms with Gasteiger partial charge >= 0.3 is 0 Å². The molecule has 5 heteroatoms. The smallest absolute Gasteiger partial charge is 0.241 e. The molecule has 0 aromatic heterocycles. The van der Waals surface area contributed by atoms with Crippen LogP contribution < -0.4 is 11.1 Å². The second-order valence-corrected chi connectivity index (χ2v) is 6.11. The average Bonchev–Trinajstić information content (AvgIpc) is 2.41. The maximum Gasteiger partial charge on any atom is 0.241 e. The summed E-state index contributed by atoms with van der Waals surface area (Å²) < 4.78 is 0. The number of carbonyl (C=O) groups is 1. The number of benzene rings is 1. The van der Waals surface area contributed by atoms with Crippen molar-refractivity contribution in [2.75, 3.05) is 18.1 Å². The molecule has 0 spiro atoms. The highest BCUT2D eigenvalue weighted by Crippen LogP contribution is 2.24. The molecule has 0 aliphatic heterocycles. The Balaban J connectivity index is 2.83. The Labute approximate surface area is 126 Å². The van der Waals surface area contributed by atoms with E-state index in [2.05, 4.69) is 31.0 Å². The zero-order valence-corrected chi connectivity index (χ0v) is 13.6. The number of hydrogen-bond acceptors (Lipinski definition) is 3. The third-order valence-corrected chi connectivity index (χ3v) is 4.29. The number of carbonyl (C=O) groups excluding carboxylic acids is 1. The van der Waals surface area contributed by atoms with Crippen molar-refractivity contribution in [2.24, 2.45) is 0 Å². The summed E-state index contributed by atoms with van der Waals surface area (Å²) in [6, 6.07) is 4.78. The maximum absolute atomic E-state index is 12.3. The van der Waals surface area contributed by atoms with Crippen LogP contribution in [0.1, 0.15) is 34.1 Å². The zero-order valence-electron chi connectivity index (χ0n) is 12.8. The van der Waals surface area contributed by atoms with Gasteiger partial charge in [0, 0.05) is 10.6 Å². The number of rotatable bonds is 5. The van der Waals surface area contributed by atoms with Crippen molar-refractivity contribution in [3.8, 4) is 0 Å². The first-order valence-corrected chi connectivity index (χ1v) is 7.15. The molecule has 0 saturated carbocycles. The van der Waals surface area contributed by atoms with Crippen molar-refractivity contribution in [3.63, 3.8) is 0 Å². The summed E-state index contributed by atoms with van der Waals surface area (Å²) in [6.07, 6.45) is 0.959. The van der Waals surface area contributed by atoms with Crippen LogP contribution in [-0.2, 0) is 4.79 Å². The third kappa shape index (κ3) is 3.87. The summed E-state index contributed by atoms with van der Waals surface area (Å²) in [5.74, 6) is -0.0945. The molecule has 0 radical (unpaired) electrons. The summed E-state index contributed by atoms with van der Waals surface area (Å²) in [5.41, 5.74) is 6.85. The van der Waals surface area contributed by atoms with Crippen molar-refractivity contribution in [1.29, 1.82) is 0 Å². The second kappa shape index (κ2) is 6.46. The Hall–Kier alpha value is -1.26. The Morgan fingerprint density at radius 2 is 2.10 bits per heavy atom. The van der Waals surface area contributed by atoms with Crippen molar-refractivity contribution < 1.29 is 4.79 Å². The molecule has 1 atom stereocenters. The van der Waals surface area contributed by atoms with E-state index in [1.807, 2.05) is 14.0 Å². The van der Waals surface area contributed by atoms with E-state index in [9.17, 15) is 4.79 Å². The van der Waals surface area contributed by atoms with Gasteiger partial charge in [-0.3, -0.25) is 9.69 Å². The molecule has 1 rings (SSSR count). The van der Waals surface area contributed by atoms with Crippen molar-refractivity contribution >= 4 is 28.9 Å². The molecule has 20 heavy (non-hydrogen) atoms. The molecule has 4 nitrogen and oxygen atoms in total. The highest BCUT2D eigenvalue weighted by Gasteiger charge is 2.29. The molecule has 1 aromatic rings. The fraction of sp³-hybridized carbons (Fsp3) is 0.533. The van der Waals surface area contributed by atoms with Gasteiger partial charge < -0.3 is 11.1 Å². The minimum Gasteiger partial charge on any atom is -0.397 e. The van der Waals surface area contributed by atoms with Gasteiger partial charge in [-0.2, -0.15) is 0 Å². The number of halogens is 1. The number of hydrogen-bond donors (Lipinski definition) is 2. The van der Waals surface area contributed by atoms with Gasteiger partial charge in [0.2, 0.25) is 5.91 Å². The zero-order chi connectivity index (χ0) is 15.5. The number of nitrogens with two attached hydrogens (primary N) is 1. The van der Waals surface area contributed by atoms with E-state index in [1.54, 1.807) is 18.2 Å². The minimum atomic E-state index is -0.261. The van der Waals surface area contributed by atoms with E-state index < -0.39 is 0 Å². The normalized spacial score (nSPS) is 13.3. The SMILES string of the molecule is CCC(C)(C)N(C)C(C)C(=O)Nc1cc(Cl)ccc1N. The van der Waals surface area contributed by atoms with Crippen molar-refractivity contribution in [3.05, 3.63) is 23.2 Å². The van der Waals surface area contributed by atoms with Crippen LogP contribution in [0.5, 0.6) is 0 Å². The number of amides is 1. The molecular weight excluding hydrogens is 274 g/mol. The number of nitrogen functional groups attached to an aromatic ring is 1. The van der Waals surface area contributed by atoms with E-state index in [1.165, 1.54) is 0 Å². The lowest BCUT2D eigenvalue weighted by molar-refractivity contribution is -0.122. The summed E-state index contributed by atoms with van der Waals surface area (Å²) in [6.45, 7) is 8.22. The van der Waals surface area contributed by atoms with E-state index in [-0.39, 0.29) is 17.5 Å². The molecule has 0 heterocycles.